The fourth-order valence-electron chi connectivity index (χ4n) is 3.01. The number of hydrazone groups is 1. The van der Waals surface area contributed by atoms with Gasteiger partial charge in [-0.3, -0.25) is 4.79 Å². The standard InChI is InChI=1S/C26H21N3O4/c30-25(18-27-22-10-9-20-4-1-2-5-21(20)16-22)29-28-17-19-7-11-24(12-8-19)33-26(31)14-13-23-6-3-15-32-23/h1-17,27H,18H2,(H,29,30)/b14-13+,28-17+. The van der Waals surface area contributed by atoms with Gasteiger partial charge in [0.1, 0.15) is 11.5 Å². The number of hydrogen-bond acceptors (Lipinski definition) is 6. The van der Waals surface area contributed by atoms with Crippen molar-refractivity contribution in [3.05, 3.63) is 103 Å². The normalized spacial score (nSPS) is 11.2. The van der Waals surface area contributed by atoms with Gasteiger partial charge in [0, 0.05) is 11.8 Å². The first-order chi connectivity index (χ1) is 16.2. The maximum Gasteiger partial charge on any atom is 0.336 e. The second-order valence-electron chi connectivity index (χ2n) is 7.05. The summed E-state index contributed by atoms with van der Waals surface area (Å²) in [4.78, 5) is 23.9. The van der Waals surface area contributed by atoms with E-state index in [0.717, 1.165) is 22.0 Å². The number of ether oxygens (including phenoxy) is 1. The highest BCUT2D eigenvalue weighted by atomic mass is 16.5. The zero-order chi connectivity index (χ0) is 22.9. The van der Waals surface area contributed by atoms with Crippen molar-refractivity contribution in [2.45, 2.75) is 0 Å². The SMILES string of the molecule is O=C(CNc1ccc2ccccc2c1)N/N=C/c1ccc(OC(=O)/C=C/c2ccco2)cc1. The third-order valence-electron chi connectivity index (χ3n) is 4.63. The maximum absolute atomic E-state index is 12.0. The second kappa shape index (κ2) is 10.6. The summed E-state index contributed by atoms with van der Waals surface area (Å²) >= 11 is 0. The number of rotatable bonds is 8. The van der Waals surface area contributed by atoms with Crippen molar-refractivity contribution in [3.63, 3.8) is 0 Å². The lowest BCUT2D eigenvalue weighted by atomic mass is 10.1. The molecule has 33 heavy (non-hydrogen) atoms. The van der Waals surface area contributed by atoms with Crippen molar-refractivity contribution in [1.29, 1.82) is 0 Å². The Labute approximate surface area is 190 Å². The molecule has 0 atom stereocenters. The van der Waals surface area contributed by atoms with Crippen LogP contribution in [-0.2, 0) is 9.59 Å². The summed E-state index contributed by atoms with van der Waals surface area (Å²) in [5.74, 6) is 0.171. The molecule has 1 amide bonds. The van der Waals surface area contributed by atoms with Gasteiger partial charge in [-0.15, -0.1) is 0 Å². The van der Waals surface area contributed by atoms with Crippen LogP contribution in [0, 0.1) is 0 Å². The molecular formula is C26H21N3O4. The lowest BCUT2D eigenvalue weighted by Gasteiger charge is -2.06. The van der Waals surface area contributed by atoms with Gasteiger partial charge in [0.05, 0.1) is 19.0 Å². The molecule has 2 N–H and O–H groups in total. The second-order valence-corrected chi connectivity index (χ2v) is 7.05. The first-order valence-corrected chi connectivity index (χ1v) is 10.2. The highest BCUT2D eigenvalue weighted by molar-refractivity contribution is 5.89. The number of fused-ring (bicyclic) bond motifs is 1. The molecule has 0 unspecified atom stereocenters. The van der Waals surface area contributed by atoms with E-state index in [0.29, 0.717) is 11.5 Å². The average Bonchev–Trinajstić information content (AvgIpc) is 3.36. The Morgan fingerprint density at radius 2 is 1.76 bits per heavy atom. The van der Waals surface area contributed by atoms with Crippen molar-refractivity contribution in [2.75, 3.05) is 11.9 Å². The zero-order valence-electron chi connectivity index (χ0n) is 17.6. The van der Waals surface area contributed by atoms with Crippen molar-refractivity contribution in [3.8, 4) is 5.75 Å². The van der Waals surface area contributed by atoms with Crippen LogP contribution in [0.1, 0.15) is 11.3 Å². The Morgan fingerprint density at radius 1 is 0.939 bits per heavy atom. The minimum Gasteiger partial charge on any atom is -0.465 e. The minimum atomic E-state index is -0.515. The van der Waals surface area contributed by atoms with Crippen molar-refractivity contribution < 1.29 is 18.7 Å². The molecule has 7 nitrogen and oxygen atoms in total. The summed E-state index contributed by atoms with van der Waals surface area (Å²) in [6, 6.07) is 24.1. The van der Waals surface area contributed by atoms with Crippen molar-refractivity contribution in [1.82, 2.24) is 5.43 Å². The van der Waals surface area contributed by atoms with Gasteiger partial charge in [-0.1, -0.05) is 30.3 Å². The Balaban J connectivity index is 1.22. The first-order valence-electron chi connectivity index (χ1n) is 10.2. The molecular weight excluding hydrogens is 418 g/mol. The van der Waals surface area contributed by atoms with Crippen LogP contribution in [-0.4, -0.2) is 24.6 Å². The Hall–Kier alpha value is -4.65. The third kappa shape index (κ3) is 6.41. The summed E-state index contributed by atoms with van der Waals surface area (Å²) in [5.41, 5.74) is 4.08. The molecule has 4 rings (SSSR count). The Bertz CT molecular complexity index is 1290. The molecule has 1 heterocycles. The predicted octanol–water partition coefficient (Wildman–Crippen LogP) is 4.61. The van der Waals surface area contributed by atoms with Crippen LogP contribution in [0.5, 0.6) is 5.75 Å². The number of furan rings is 1. The lowest BCUT2D eigenvalue weighted by Crippen LogP contribution is -2.25. The van der Waals surface area contributed by atoms with E-state index in [1.54, 1.807) is 36.4 Å². The van der Waals surface area contributed by atoms with Gasteiger partial charge >= 0.3 is 5.97 Å². The van der Waals surface area contributed by atoms with Crippen LogP contribution in [0.3, 0.4) is 0 Å². The number of carbonyl (C=O) groups excluding carboxylic acids is 2. The van der Waals surface area contributed by atoms with Gasteiger partial charge in [-0.2, -0.15) is 5.10 Å². The highest BCUT2D eigenvalue weighted by Gasteiger charge is 2.02. The summed E-state index contributed by atoms with van der Waals surface area (Å²) in [7, 11) is 0. The predicted molar refractivity (Wildman–Crippen MR) is 128 cm³/mol. The number of benzene rings is 3. The number of nitrogens with one attached hydrogen (secondary N) is 2. The molecule has 3 aromatic carbocycles. The number of anilines is 1. The molecule has 4 aromatic rings. The van der Waals surface area contributed by atoms with Gasteiger partial charge in [0.15, 0.2) is 0 Å². The number of amides is 1. The quantitative estimate of drug-likeness (QED) is 0.137. The van der Waals surface area contributed by atoms with Gasteiger partial charge < -0.3 is 14.5 Å². The minimum absolute atomic E-state index is 0.0933. The van der Waals surface area contributed by atoms with E-state index in [1.165, 1.54) is 24.6 Å². The van der Waals surface area contributed by atoms with Crippen LogP contribution in [0.4, 0.5) is 5.69 Å². The van der Waals surface area contributed by atoms with Crippen molar-refractivity contribution in [2.24, 2.45) is 5.10 Å². The lowest BCUT2D eigenvalue weighted by molar-refractivity contribution is -0.129. The smallest absolute Gasteiger partial charge is 0.336 e. The molecule has 0 radical (unpaired) electrons. The van der Waals surface area contributed by atoms with E-state index < -0.39 is 5.97 Å². The zero-order valence-corrected chi connectivity index (χ0v) is 17.6. The van der Waals surface area contributed by atoms with E-state index in [2.05, 4.69) is 15.8 Å². The van der Waals surface area contributed by atoms with E-state index in [9.17, 15) is 9.59 Å². The molecule has 0 aliphatic rings. The molecule has 7 heteroatoms. The highest BCUT2D eigenvalue weighted by Crippen LogP contribution is 2.18. The summed E-state index contributed by atoms with van der Waals surface area (Å²) in [6.07, 6.45) is 5.85. The summed E-state index contributed by atoms with van der Waals surface area (Å²) in [5, 5.41) is 9.29. The molecule has 0 saturated heterocycles. The number of hydrogen-bond donors (Lipinski definition) is 2. The van der Waals surface area contributed by atoms with E-state index in [1.807, 2.05) is 42.5 Å². The summed E-state index contributed by atoms with van der Waals surface area (Å²) in [6.45, 7) is 0.0933. The first kappa shape index (κ1) is 21.6. The molecule has 0 saturated carbocycles. The van der Waals surface area contributed by atoms with Gasteiger partial charge in [-0.05, 0) is 70.9 Å². The van der Waals surface area contributed by atoms with Crippen LogP contribution < -0.4 is 15.5 Å². The summed E-state index contributed by atoms with van der Waals surface area (Å²) < 4.78 is 10.3. The molecule has 0 aliphatic carbocycles. The van der Waals surface area contributed by atoms with Gasteiger partial charge in [0.2, 0.25) is 0 Å². The number of nitrogens with zero attached hydrogens (tertiary/aromatic N) is 1. The molecule has 1 aromatic heterocycles. The largest absolute Gasteiger partial charge is 0.465 e. The van der Waals surface area contributed by atoms with E-state index in [-0.39, 0.29) is 12.5 Å². The topological polar surface area (TPSA) is 92.9 Å². The van der Waals surface area contributed by atoms with Crippen LogP contribution >= 0.6 is 0 Å². The Kier molecular flexibility index (Phi) is 6.92. The van der Waals surface area contributed by atoms with Crippen LogP contribution in [0.15, 0.2) is 101 Å². The monoisotopic (exact) mass is 439 g/mol. The van der Waals surface area contributed by atoms with E-state index >= 15 is 0 Å². The molecule has 0 bridgehead atoms. The molecule has 0 fully saturated rings. The van der Waals surface area contributed by atoms with Crippen molar-refractivity contribution >= 4 is 40.6 Å². The average molecular weight is 439 g/mol. The van der Waals surface area contributed by atoms with Gasteiger partial charge in [0.25, 0.3) is 5.91 Å². The van der Waals surface area contributed by atoms with Crippen LogP contribution in [0.25, 0.3) is 16.8 Å². The molecule has 164 valence electrons. The fraction of sp³-hybridized carbons (Fsp3) is 0.0385. The number of carbonyl (C=O) groups is 2. The fourth-order valence-corrected chi connectivity index (χ4v) is 3.01. The third-order valence-corrected chi connectivity index (χ3v) is 4.63. The van der Waals surface area contributed by atoms with Gasteiger partial charge in [-0.25, -0.2) is 10.2 Å². The maximum atomic E-state index is 12.0. The number of esters is 1. The van der Waals surface area contributed by atoms with Crippen LogP contribution in [0.2, 0.25) is 0 Å². The Morgan fingerprint density at radius 3 is 2.55 bits per heavy atom. The molecule has 0 spiro atoms. The molecule has 0 aliphatic heterocycles. The van der Waals surface area contributed by atoms with E-state index in [4.69, 9.17) is 9.15 Å².